The van der Waals surface area contributed by atoms with Crippen LogP contribution in [0.25, 0.3) is 0 Å². The Bertz CT molecular complexity index is 938. The van der Waals surface area contributed by atoms with E-state index in [1.165, 1.54) is 13.8 Å². The van der Waals surface area contributed by atoms with Crippen LogP contribution in [0, 0.1) is 13.8 Å². The Labute approximate surface area is 163 Å². The van der Waals surface area contributed by atoms with E-state index in [2.05, 4.69) is 0 Å². The molecular formula is C18H18O9S. The number of carbonyl (C=O) groups is 2. The van der Waals surface area contributed by atoms with Crippen LogP contribution < -0.4 is 0 Å². The van der Waals surface area contributed by atoms with Crippen molar-refractivity contribution in [3.63, 3.8) is 0 Å². The van der Waals surface area contributed by atoms with Gasteiger partial charge in [0.05, 0.1) is 17.7 Å². The van der Waals surface area contributed by atoms with E-state index in [1.54, 1.807) is 0 Å². The fraction of sp³-hybridized carbons (Fsp3) is 0.444. The van der Waals surface area contributed by atoms with Crippen molar-refractivity contribution in [2.24, 2.45) is 0 Å². The minimum atomic E-state index is -1.47. The minimum absolute atomic E-state index is 0.128. The summed E-state index contributed by atoms with van der Waals surface area (Å²) < 4.78 is 11.1. The largest absolute Gasteiger partial charge is 0.507 e. The highest BCUT2D eigenvalue weighted by Gasteiger charge is 2.53. The summed E-state index contributed by atoms with van der Waals surface area (Å²) in [4.78, 5) is 25.8. The van der Waals surface area contributed by atoms with E-state index < -0.39 is 59.5 Å². The molecule has 0 unspecified atom stereocenters. The molecule has 5 N–H and O–H groups in total. The second-order valence-corrected chi connectivity index (χ2v) is 8.03. The van der Waals surface area contributed by atoms with Gasteiger partial charge in [-0.1, -0.05) is 11.8 Å². The molecule has 1 fully saturated rings. The van der Waals surface area contributed by atoms with E-state index in [0.29, 0.717) is 0 Å². The quantitative estimate of drug-likeness (QED) is 0.396. The van der Waals surface area contributed by atoms with Crippen LogP contribution in [0.4, 0.5) is 0 Å². The summed E-state index contributed by atoms with van der Waals surface area (Å²) in [6, 6.07) is 0. The van der Waals surface area contributed by atoms with Gasteiger partial charge in [0.2, 0.25) is 11.6 Å². The fourth-order valence-electron chi connectivity index (χ4n) is 3.59. The molecule has 1 saturated heterocycles. The van der Waals surface area contributed by atoms with Gasteiger partial charge in [-0.05, 0) is 25.0 Å². The Kier molecular flexibility index (Phi) is 4.43. The number of phenols is 2. The second kappa shape index (κ2) is 6.46. The Morgan fingerprint density at radius 3 is 2.11 bits per heavy atom. The van der Waals surface area contributed by atoms with Crippen molar-refractivity contribution in [1.29, 1.82) is 0 Å². The monoisotopic (exact) mass is 410 g/mol. The number of benzene rings is 1. The van der Waals surface area contributed by atoms with Gasteiger partial charge in [0.15, 0.2) is 11.9 Å². The zero-order chi connectivity index (χ0) is 20.5. The number of hydrogen-bond donors (Lipinski definition) is 5. The number of aliphatic hydroxyl groups is 3. The van der Waals surface area contributed by atoms with Crippen molar-refractivity contribution >= 4 is 23.3 Å². The number of rotatable bonds is 1. The molecule has 0 bridgehead atoms. The van der Waals surface area contributed by atoms with Gasteiger partial charge in [-0.3, -0.25) is 9.59 Å². The Morgan fingerprint density at radius 1 is 0.964 bits per heavy atom. The summed E-state index contributed by atoms with van der Waals surface area (Å²) in [5.74, 6) is -2.72. The number of Topliss-reactive ketones (excluding diaryl/α,β-unsaturated/α-hetero) is 2. The molecule has 0 spiro atoms. The summed E-state index contributed by atoms with van der Waals surface area (Å²) >= 11 is 0.811. The highest BCUT2D eigenvalue weighted by Crippen LogP contribution is 2.49. The molecule has 1 aromatic carbocycles. The number of phenolic OH excluding ortho intramolecular Hbond substituents is 2. The van der Waals surface area contributed by atoms with Crippen LogP contribution in [0.1, 0.15) is 31.8 Å². The molecule has 0 radical (unpaired) electrons. The molecule has 5 atom stereocenters. The molecule has 10 heteroatoms. The van der Waals surface area contributed by atoms with Gasteiger partial charge in [-0.25, -0.2) is 0 Å². The van der Waals surface area contributed by atoms with Crippen LogP contribution in [-0.2, 0) is 9.47 Å². The van der Waals surface area contributed by atoms with Crippen molar-refractivity contribution in [1.82, 2.24) is 0 Å². The maximum atomic E-state index is 13.0. The zero-order valence-corrected chi connectivity index (χ0v) is 15.7. The smallest absolute Gasteiger partial charge is 0.233 e. The van der Waals surface area contributed by atoms with Crippen LogP contribution >= 0.6 is 11.8 Å². The number of aliphatic hydroxyl groups excluding tert-OH is 3. The summed E-state index contributed by atoms with van der Waals surface area (Å²) in [6.45, 7) is 2.46. The first-order valence-corrected chi connectivity index (χ1v) is 9.41. The third kappa shape index (κ3) is 2.42. The molecule has 3 aliphatic rings. The summed E-state index contributed by atoms with van der Waals surface area (Å²) in [6.07, 6.45) is -5.16. The molecule has 9 nitrogen and oxygen atoms in total. The summed E-state index contributed by atoms with van der Waals surface area (Å²) in [5, 5.41) is 50.5. The van der Waals surface area contributed by atoms with Crippen LogP contribution in [0.2, 0.25) is 0 Å². The predicted molar refractivity (Wildman–Crippen MR) is 95.2 cm³/mol. The number of allylic oxidation sites excluding steroid dienone is 2. The van der Waals surface area contributed by atoms with E-state index in [1.807, 2.05) is 0 Å². The topological polar surface area (TPSA) is 154 Å². The first-order valence-electron chi connectivity index (χ1n) is 8.53. The van der Waals surface area contributed by atoms with Gasteiger partial charge in [-0.2, -0.15) is 0 Å². The van der Waals surface area contributed by atoms with E-state index >= 15 is 0 Å². The second-order valence-electron chi connectivity index (χ2n) is 6.92. The average molecular weight is 410 g/mol. The lowest BCUT2D eigenvalue weighted by Crippen LogP contribution is -2.59. The van der Waals surface area contributed by atoms with E-state index in [0.717, 1.165) is 11.8 Å². The first kappa shape index (κ1) is 19.2. The van der Waals surface area contributed by atoms with Crippen LogP contribution in [-0.4, -0.2) is 73.6 Å². The zero-order valence-electron chi connectivity index (χ0n) is 14.9. The third-order valence-electron chi connectivity index (χ3n) is 5.38. The van der Waals surface area contributed by atoms with Gasteiger partial charge >= 0.3 is 0 Å². The Balaban J connectivity index is 1.82. The molecule has 4 rings (SSSR count). The van der Waals surface area contributed by atoms with Gasteiger partial charge in [-0.15, -0.1) is 0 Å². The van der Waals surface area contributed by atoms with Crippen molar-refractivity contribution in [3.8, 4) is 11.5 Å². The highest BCUT2D eigenvalue weighted by atomic mass is 32.2. The molecule has 1 aromatic rings. The Hall–Kier alpha value is -2.11. The lowest BCUT2D eigenvalue weighted by Gasteiger charge is -2.45. The predicted octanol–water partition coefficient (Wildman–Crippen LogP) is -0.124. The lowest BCUT2D eigenvalue weighted by molar-refractivity contribution is -0.210. The maximum Gasteiger partial charge on any atom is 0.233 e. The molecular weight excluding hydrogens is 392 g/mol. The van der Waals surface area contributed by atoms with Crippen LogP contribution in [0.15, 0.2) is 10.7 Å². The molecule has 0 amide bonds. The SMILES string of the molecule is Cc1c(C)c(O)c2c(c1O)C(=O)C1=C(S[C@H]3O[C@@H](CO)[C@H](O)[C@@H](O)[C@@H]3O1)C2=O. The number of aromatic hydroxyl groups is 2. The lowest BCUT2D eigenvalue weighted by atomic mass is 9.87. The van der Waals surface area contributed by atoms with Crippen molar-refractivity contribution in [3.05, 3.63) is 32.9 Å². The number of carbonyl (C=O) groups excluding carboxylic acids is 2. The molecule has 1 aliphatic carbocycles. The van der Waals surface area contributed by atoms with Crippen molar-refractivity contribution in [2.45, 2.75) is 43.7 Å². The van der Waals surface area contributed by atoms with E-state index in [-0.39, 0.29) is 32.9 Å². The molecule has 0 saturated carbocycles. The number of ketones is 2. The van der Waals surface area contributed by atoms with Gasteiger partial charge in [0.25, 0.3) is 0 Å². The molecule has 150 valence electrons. The van der Waals surface area contributed by atoms with Gasteiger partial charge in [0, 0.05) is 0 Å². The summed E-state index contributed by atoms with van der Waals surface area (Å²) in [7, 11) is 0. The molecule has 2 heterocycles. The maximum absolute atomic E-state index is 13.0. The first-order chi connectivity index (χ1) is 13.2. The normalized spacial score (nSPS) is 31.8. The van der Waals surface area contributed by atoms with Crippen LogP contribution in [0.5, 0.6) is 11.5 Å². The van der Waals surface area contributed by atoms with Gasteiger partial charge in [0.1, 0.15) is 40.2 Å². The standard InChI is InChI=1S/C18H18O9S/c1-4-5(2)10(21)8-7(9(4)20)12(23)15-17(13(8)24)28-18-16(27-15)14(25)11(22)6(3-19)26-18/h6,11,14,16,18-22,25H,3H2,1-2H3/t6-,11-,14+,16-,18+/m0/s1. The van der Waals surface area contributed by atoms with E-state index in [9.17, 15) is 35.1 Å². The number of hydrogen-bond acceptors (Lipinski definition) is 10. The van der Waals surface area contributed by atoms with Crippen molar-refractivity contribution in [2.75, 3.05) is 6.61 Å². The third-order valence-corrected chi connectivity index (χ3v) is 6.60. The van der Waals surface area contributed by atoms with Gasteiger partial charge < -0.3 is 35.0 Å². The molecule has 28 heavy (non-hydrogen) atoms. The molecule has 0 aromatic heterocycles. The van der Waals surface area contributed by atoms with Crippen LogP contribution in [0.3, 0.4) is 0 Å². The molecule has 2 aliphatic heterocycles. The summed E-state index contributed by atoms with van der Waals surface area (Å²) in [5.41, 5.74) is -1.11. The number of thioether (sulfide) groups is 1. The van der Waals surface area contributed by atoms with Crippen molar-refractivity contribution < 1.29 is 44.6 Å². The fourth-order valence-corrected chi connectivity index (χ4v) is 4.82. The Morgan fingerprint density at radius 2 is 1.54 bits per heavy atom. The highest BCUT2D eigenvalue weighted by molar-refractivity contribution is 8.04. The minimum Gasteiger partial charge on any atom is -0.507 e. The van der Waals surface area contributed by atoms with E-state index in [4.69, 9.17) is 9.47 Å². The number of ether oxygens (including phenoxy) is 2. The number of fused-ring (bicyclic) bond motifs is 2. The average Bonchev–Trinajstić information content (AvgIpc) is 2.69.